The molecule has 0 N–H and O–H groups in total. The maximum atomic E-state index is 12.3. The van der Waals surface area contributed by atoms with Crippen molar-refractivity contribution >= 4 is 5.78 Å². The fourth-order valence-electron chi connectivity index (χ4n) is 4.28. The summed E-state index contributed by atoms with van der Waals surface area (Å²) in [5.74, 6) is 1.68. The summed E-state index contributed by atoms with van der Waals surface area (Å²) in [6, 6.07) is 1.19. The second-order valence-electron chi connectivity index (χ2n) is 8.36. The molecule has 140 valence electrons. The number of carbonyl (C=O) groups is 1. The molecule has 4 heteroatoms. The summed E-state index contributed by atoms with van der Waals surface area (Å²) in [5, 5.41) is 4.63. The highest BCUT2D eigenvalue weighted by molar-refractivity contribution is 5.84. The number of aromatic nitrogens is 2. The third kappa shape index (κ3) is 3.99. The van der Waals surface area contributed by atoms with E-state index in [-0.39, 0.29) is 5.92 Å². The van der Waals surface area contributed by atoms with Gasteiger partial charge in [-0.25, -0.2) is 0 Å². The van der Waals surface area contributed by atoms with Crippen LogP contribution < -0.4 is 0 Å². The SMILES string of the molecule is CCC(C)C(=O)C1CC(N2CCC(n3cc(C(C)CC)cn3)CC2)C1. The van der Waals surface area contributed by atoms with Crippen LogP contribution in [0.25, 0.3) is 0 Å². The quantitative estimate of drug-likeness (QED) is 0.734. The number of Topliss-reactive ketones (excluding diaryl/α,β-unsaturated/α-hetero) is 1. The van der Waals surface area contributed by atoms with Crippen molar-refractivity contribution < 1.29 is 4.79 Å². The van der Waals surface area contributed by atoms with Gasteiger partial charge in [0.2, 0.25) is 0 Å². The molecule has 2 heterocycles. The van der Waals surface area contributed by atoms with Gasteiger partial charge in [-0.1, -0.05) is 27.7 Å². The summed E-state index contributed by atoms with van der Waals surface area (Å²) in [6.45, 7) is 11.0. The van der Waals surface area contributed by atoms with E-state index >= 15 is 0 Å². The van der Waals surface area contributed by atoms with Crippen molar-refractivity contribution in [1.82, 2.24) is 14.7 Å². The molecule has 1 aliphatic carbocycles. The van der Waals surface area contributed by atoms with Gasteiger partial charge in [0, 0.05) is 37.2 Å². The Bertz CT molecular complexity index is 567. The van der Waals surface area contributed by atoms with Crippen molar-refractivity contribution in [3.05, 3.63) is 18.0 Å². The van der Waals surface area contributed by atoms with Crippen molar-refractivity contribution in [2.24, 2.45) is 11.8 Å². The molecule has 0 spiro atoms. The Morgan fingerprint density at radius 1 is 1.16 bits per heavy atom. The van der Waals surface area contributed by atoms with Crippen molar-refractivity contribution in [2.75, 3.05) is 13.1 Å². The van der Waals surface area contributed by atoms with E-state index in [2.05, 4.69) is 54.8 Å². The van der Waals surface area contributed by atoms with E-state index in [9.17, 15) is 4.79 Å². The molecule has 2 fully saturated rings. The van der Waals surface area contributed by atoms with Crippen LogP contribution in [-0.4, -0.2) is 39.6 Å². The molecule has 1 saturated carbocycles. The minimum atomic E-state index is 0.246. The Kier molecular flexibility index (Phi) is 5.98. The van der Waals surface area contributed by atoms with Crippen molar-refractivity contribution in [2.45, 2.75) is 84.2 Å². The summed E-state index contributed by atoms with van der Waals surface area (Å²) in [5.41, 5.74) is 1.37. The predicted molar refractivity (Wildman–Crippen MR) is 102 cm³/mol. The second kappa shape index (κ2) is 8.03. The van der Waals surface area contributed by atoms with E-state index < -0.39 is 0 Å². The Hall–Kier alpha value is -1.16. The molecule has 0 amide bonds. The second-order valence-corrected chi connectivity index (χ2v) is 8.36. The Morgan fingerprint density at radius 2 is 1.84 bits per heavy atom. The molecule has 1 saturated heterocycles. The molecule has 1 aromatic heterocycles. The van der Waals surface area contributed by atoms with Crippen molar-refractivity contribution in [1.29, 1.82) is 0 Å². The lowest BCUT2D eigenvalue weighted by molar-refractivity contribution is -0.131. The average Bonchev–Trinajstić information content (AvgIpc) is 3.09. The van der Waals surface area contributed by atoms with E-state index in [1.54, 1.807) is 0 Å². The van der Waals surface area contributed by atoms with Gasteiger partial charge in [-0.2, -0.15) is 5.10 Å². The van der Waals surface area contributed by atoms with Crippen LogP contribution in [0.1, 0.15) is 83.7 Å². The zero-order valence-electron chi connectivity index (χ0n) is 16.4. The van der Waals surface area contributed by atoms with Crippen molar-refractivity contribution in [3.63, 3.8) is 0 Å². The molecule has 25 heavy (non-hydrogen) atoms. The molecule has 4 nitrogen and oxygen atoms in total. The minimum Gasteiger partial charge on any atom is -0.300 e. The molecule has 3 rings (SSSR count). The third-order valence-electron chi connectivity index (χ3n) is 6.81. The highest BCUT2D eigenvalue weighted by atomic mass is 16.1. The largest absolute Gasteiger partial charge is 0.300 e. The van der Waals surface area contributed by atoms with Crippen LogP contribution in [0, 0.1) is 11.8 Å². The standard InChI is InChI=1S/C21H35N3O/c1-5-15(3)18-13-22-24(14-18)19-7-9-23(10-8-19)20-11-17(12-20)21(25)16(4)6-2/h13-17,19-20H,5-12H2,1-4H3. The molecule has 0 bridgehead atoms. The number of rotatable bonds is 7. The molecule has 2 aliphatic rings. The van der Waals surface area contributed by atoms with Crippen LogP contribution in [0.3, 0.4) is 0 Å². The van der Waals surface area contributed by atoms with E-state index in [1.165, 1.54) is 24.8 Å². The molecule has 0 aromatic carbocycles. The molecule has 2 atom stereocenters. The Balaban J connectivity index is 1.45. The number of hydrogen-bond donors (Lipinski definition) is 0. The molecule has 2 unspecified atom stereocenters. The zero-order chi connectivity index (χ0) is 18.0. The maximum Gasteiger partial charge on any atom is 0.138 e. The van der Waals surface area contributed by atoms with Gasteiger partial charge in [0.15, 0.2) is 0 Å². The lowest BCUT2D eigenvalue weighted by atomic mass is 9.73. The summed E-state index contributed by atoms with van der Waals surface area (Å²) in [6.07, 6.45) is 11.0. The summed E-state index contributed by atoms with van der Waals surface area (Å²) in [7, 11) is 0. The molecule has 0 radical (unpaired) electrons. The van der Waals surface area contributed by atoms with Crippen LogP contribution in [0.4, 0.5) is 0 Å². The normalized spacial score (nSPS) is 27.7. The summed E-state index contributed by atoms with van der Waals surface area (Å²) in [4.78, 5) is 14.9. The van der Waals surface area contributed by atoms with Gasteiger partial charge in [0.05, 0.1) is 12.2 Å². The van der Waals surface area contributed by atoms with Crippen LogP contribution >= 0.6 is 0 Å². The van der Waals surface area contributed by atoms with Gasteiger partial charge in [0.1, 0.15) is 5.78 Å². The van der Waals surface area contributed by atoms with Crippen LogP contribution in [0.5, 0.6) is 0 Å². The van der Waals surface area contributed by atoms with Gasteiger partial charge in [-0.15, -0.1) is 0 Å². The lowest BCUT2D eigenvalue weighted by Crippen LogP contribution is -2.50. The Labute approximate surface area is 153 Å². The number of ketones is 1. The number of carbonyl (C=O) groups excluding carboxylic acids is 1. The van der Waals surface area contributed by atoms with Gasteiger partial charge < -0.3 is 4.90 Å². The number of nitrogens with zero attached hydrogens (tertiary/aromatic N) is 3. The smallest absolute Gasteiger partial charge is 0.138 e. The first-order valence-corrected chi connectivity index (χ1v) is 10.3. The van der Waals surface area contributed by atoms with Gasteiger partial charge >= 0.3 is 0 Å². The van der Waals surface area contributed by atoms with Gasteiger partial charge in [0.25, 0.3) is 0 Å². The zero-order valence-corrected chi connectivity index (χ0v) is 16.4. The predicted octanol–water partition coefficient (Wildman–Crippen LogP) is 4.43. The highest BCUT2D eigenvalue weighted by Crippen LogP contribution is 2.37. The number of hydrogen-bond acceptors (Lipinski definition) is 3. The fraction of sp³-hybridized carbons (Fsp3) is 0.810. The van der Waals surface area contributed by atoms with E-state index in [0.29, 0.717) is 29.7 Å². The molecule has 1 aliphatic heterocycles. The monoisotopic (exact) mass is 345 g/mol. The van der Waals surface area contributed by atoms with Crippen LogP contribution in [-0.2, 0) is 4.79 Å². The van der Waals surface area contributed by atoms with Gasteiger partial charge in [-0.05, 0) is 50.0 Å². The first kappa shape index (κ1) is 18.6. The average molecular weight is 346 g/mol. The lowest BCUT2D eigenvalue weighted by Gasteiger charge is -2.45. The number of likely N-dealkylation sites (tertiary alicyclic amines) is 1. The van der Waals surface area contributed by atoms with E-state index in [1.807, 2.05) is 0 Å². The number of piperidine rings is 1. The molecular weight excluding hydrogens is 310 g/mol. The van der Waals surface area contributed by atoms with Crippen LogP contribution in [0.2, 0.25) is 0 Å². The first-order chi connectivity index (χ1) is 12.0. The minimum absolute atomic E-state index is 0.246. The molecular formula is C21H35N3O. The first-order valence-electron chi connectivity index (χ1n) is 10.3. The van der Waals surface area contributed by atoms with E-state index in [4.69, 9.17) is 0 Å². The highest BCUT2D eigenvalue weighted by Gasteiger charge is 2.39. The third-order valence-corrected chi connectivity index (χ3v) is 6.81. The molecule has 1 aromatic rings. The fourth-order valence-corrected chi connectivity index (χ4v) is 4.28. The van der Waals surface area contributed by atoms with Crippen molar-refractivity contribution in [3.8, 4) is 0 Å². The summed E-state index contributed by atoms with van der Waals surface area (Å²) >= 11 is 0. The maximum absolute atomic E-state index is 12.3. The topological polar surface area (TPSA) is 38.1 Å². The van der Waals surface area contributed by atoms with E-state index in [0.717, 1.165) is 32.4 Å². The van der Waals surface area contributed by atoms with Crippen LogP contribution in [0.15, 0.2) is 12.4 Å². The van der Waals surface area contributed by atoms with Gasteiger partial charge in [-0.3, -0.25) is 9.48 Å². The summed E-state index contributed by atoms with van der Waals surface area (Å²) < 4.78 is 2.20. The Morgan fingerprint density at radius 3 is 2.44 bits per heavy atom.